The van der Waals surface area contributed by atoms with E-state index in [2.05, 4.69) is 15.9 Å². The van der Waals surface area contributed by atoms with E-state index in [1.165, 1.54) is 0 Å². The monoisotopic (exact) mass is 255 g/mol. The van der Waals surface area contributed by atoms with Crippen LogP contribution in [0.4, 0.5) is 5.69 Å². The summed E-state index contributed by atoms with van der Waals surface area (Å²) in [7, 11) is 1.80. The van der Waals surface area contributed by atoms with E-state index < -0.39 is 0 Å². The van der Waals surface area contributed by atoms with Crippen molar-refractivity contribution in [2.75, 3.05) is 11.9 Å². The van der Waals surface area contributed by atoms with E-state index in [0.717, 1.165) is 21.3 Å². The Morgan fingerprint density at radius 3 is 2.14 bits per heavy atom. The van der Waals surface area contributed by atoms with Crippen LogP contribution in [0.15, 0.2) is 16.6 Å². The Morgan fingerprint density at radius 2 is 1.79 bits per heavy atom. The fraction of sp³-hybridized carbons (Fsp3) is 0.300. The van der Waals surface area contributed by atoms with Gasteiger partial charge in [-0.2, -0.15) is 0 Å². The normalized spacial score (nSPS) is 10.0. The molecule has 0 aromatic heterocycles. The third-order valence-corrected chi connectivity index (χ3v) is 2.61. The molecule has 0 unspecified atom stereocenters. The van der Waals surface area contributed by atoms with Crippen LogP contribution >= 0.6 is 15.9 Å². The molecule has 14 heavy (non-hydrogen) atoms. The van der Waals surface area contributed by atoms with E-state index in [0.29, 0.717) is 0 Å². The second-order valence-electron chi connectivity index (χ2n) is 3.33. The van der Waals surface area contributed by atoms with Crippen molar-refractivity contribution in [1.29, 1.82) is 5.41 Å². The Kier molecular flexibility index (Phi) is 3.16. The topological polar surface area (TPSA) is 53.1 Å². The van der Waals surface area contributed by atoms with Crippen LogP contribution in [0.25, 0.3) is 0 Å². The van der Waals surface area contributed by atoms with Crippen molar-refractivity contribution in [3.8, 4) is 0 Å². The number of nitrogens with two attached hydrogens (primary N) is 1. The van der Waals surface area contributed by atoms with Gasteiger partial charge in [-0.05, 0) is 37.1 Å². The molecule has 4 heteroatoms. The minimum absolute atomic E-state index is 0.0542. The molecular weight excluding hydrogens is 242 g/mol. The average Bonchev–Trinajstić information content (AvgIpc) is 2.01. The molecule has 0 atom stereocenters. The van der Waals surface area contributed by atoms with Gasteiger partial charge in [0.05, 0.1) is 0 Å². The number of hydrogen-bond donors (Lipinski definition) is 2. The maximum Gasteiger partial charge on any atom is 0.192 e. The highest BCUT2D eigenvalue weighted by atomic mass is 79.9. The molecule has 0 bridgehead atoms. The second-order valence-corrected chi connectivity index (χ2v) is 4.25. The first kappa shape index (κ1) is 11.0. The zero-order valence-corrected chi connectivity index (χ0v) is 10.1. The van der Waals surface area contributed by atoms with Crippen LogP contribution in [0.1, 0.15) is 11.1 Å². The van der Waals surface area contributed by atoms with E-state index in [4.69, 9.17) is 11.1 Å². The molecule has 0 heterocycles. The van der Waals surface area contributed by atoms with Crippen LogP contribution in [0.5, 0.6) is 0 Å². The SMILES string of the molecule is Cc1cc(Br)cc(C)c1N(C)C(=N)N. The van der Waals surface area contributed by atoms with Crippen LogP contribution in [0, 0.1) is 19.3 Å². The van der Waals surface area contributed by atoms with Crippen molar-refractivity contribution in [2.24, 2.45) is 5.73 Å². The summed E-state index contributed by atoms with van der Waals surface area (Å²) in [4.78, 5) is 1.68. The van der Waals surface area contributed by atoms with Crippen molar-refractivity contribution in [2.45, 2.75) is 13.8 Å². The minimum atomic E-state index is 0.0542. The highest BCUT2D eigenvalue weighted by molar-refractivity contribution is 9.10. The summed E-state index contributed by atoms with van der Waals surface area (Å²) in [6.45, 7) is 4.01. The number of halogens is 1. The van der Waals surface area contributed by atoms with Crippen LogP contribution in [-0.2, 0) is 0 Å². The molecule has 3 nitrogen and oxygen atoms in total. The lowest BCUT2D eigenvalue weighted by atomic mass is 10.1. The smallest absolute Gasteiger partial charge is 0.192 e. The van der Waals surface area contributed by atoms with Gasteiger partial charge in [0.15, 0.2) is 5.96 Å². The van der Waals surface area contributed by atoms with Crippen molar-refractivity contribution in [3.63, 3.8) is 0 Å². The van der Waals surface area contributed by atoms with Gasteiger partial charge in [-0.15, -0.1) is 0 Å². The summed E-state index contributed by atoms with van der Waals surface area (Å²) in [6.07, 6.45) is 0. The van der Waals surface area contributed by atoms with E-state index in [9.17, 15) is 0 Å². The van der Waals surface area contributed by atoms with Crippen LogP contribution in [-0.4, -0.2) is 13.0 Å². The van der Waals surface area contributed by atoms with E-state index in [1.807, 2.05) is 26.0 Å². The highest BCUT2D eigenvalue weighted by Gasteiger charge is 2.10. The maximum absolute atomic E-state index is 7.38. The van der Waals surface area contributed by atoms with Crippen molar-refractivity contribution >= 4 is 27.6 Å². The third kappa shape index (κ3) is 2.07. The van der Waals surface area contributed by atoms with Gasteiger partial charge >= 0.3 is 0 Å². The predicted octanol–water partition coefficient (Wildman–Crippen LogP) is 2.40. The number of hydrogen-bond acceptors (Lipinski definition) is 1. The van der Waals surface area contributed by atoms with Gasteiger partial charge in [0, 0.05) is 17.2 Å². The molecule has 0 spiro atoms. The fourth-order valence-corrected chi connectivity index (χ4v) is 2.24. The fourth-order valence-electron chi connectivity index (χ4n) is 1.55. The van der Waals surface area contributed by atoms with Gasteiger partial charge in [-0.3, -0.25) is 5.41 Å². The molecule has 76 valence electrons. The Balaban J connectivity index is 3.27. The number of aryl methyl sites for hydroxylation is 2. The van der Waals surface area contributed by atoms with Gasteiger partial charge in [0.1, 0.15) is 0 Å². The molecule has 0 saturated heterocycles. The molecule has 1 rings (SSSR count). The first-order chi connectivity index (χ1) is 6.43. The average molecular weight is 256 g/mol. The molecule has 0 amide bonds. The Labute approximate surface area is 92.5 Å². The Hall–Kier alpha value is -1.03. The summed E-state index contributed by atoms with van der Waals surface area (Å²) in [5, 5.41) is 7.38. The lowest BCUT2D eigenvalue weighted by molar-refractivity contribution is 1.15. The molecule has 0 aliphatic carbocycles. The van der Waals surface area contributed by atoms with Gasteiger partial charge in [0.2, 0.25) is 0 Å². The maximum atomic E-state index is 7.38. The number of guanidine groups is 1. The van der Waals surface area contributed by atoms with Crippen molar-refractivity contribution < 1.29 is 0 Å². The van der Waals surface area contributed by atoms with E-state index >= 15 is 0 Å². The molecule has 0 fully saturated rings. The van der Waals surface area contributed by atoms with Crippen LogP contribution < -0.4 is 10.6 Å². The summed E-state index contributed by atoms with van der Waals surface area (Å²) < 4.78 is 1.05. The van der Waals surface area contributed by atoms with Gasteiger partial charge < -0.3 is 10.6 Å². The van der Waals surface area contributed by atoms with Crippen molar-refractivity contribution in [1.82, 2.24) is 0 Å². The van der Waals surface area contributed by atoms with E-state index in [1.54, 1.807) is 11.9 Å². The highest BCUT2D eigenvalue weighted by Crippen LogP contribution is 2.27. The minimum Gasteiger partial charge on any atom is -0.370 e. The molecule has 0 saturated carbocycles. The first-order valence-corrected chi connectivity index (χ1v) is 5.07. The number of nitrogens with zero attached hydrogens (tertiary/aromatic N) is 1. The summed E-state index contributed by atoms with van der Waals surface area (Å²) >= 11 is 3.43. The number of anilines is 1. The zero-order chi connectivity index (χ0) is 10.9. The van der Waals surface area contributed by atoms with Gasteiger partial charge in [-0.25, -0.2) is 0 Å². The van der Waals surface area contributed by atoms with E-state index in [-0.39, 0.29) is 5.96 Å². The lowest BCUT2D eigenvalue weighted by Gasteiger charge is -2.21. The van der Waals surface area contributed by atoms with Crippen molar-refractivity contribution in [3.05, 3.63) is 27.7 Å². The standard InChI is InChI=1S/C10H14BrN3/c1-6-4-8(11)5-7(2)9(6)14(3)10(12)13/h4-5H,1-3H3,(H3,12,13). The summed E-state index contributed by atoms with van der Waals surface area (Å²) in [6, 6.07) is 4.03. The largest absolute Gasteiger partial charge is 0.370 e. The Bertz CT molecular complexity index is 351. The molecule has 0 aliphatic heterocycles. The number of rotatable bonds is 1. The predicted molar refractivity (Wildman–Crippen MR) is 63.9 cm³/mol. The molecule has 0 aliphatic rings. The zero-order valence-electron chi connectivity index (χ0n) is 8.56. The molecule has 1 aromatic carbocycles. The summed E-state index contributed by atoms with van der Waals surface area (Å²) in [5.74, 6) is 0.0542. The molecule has 1 aromatic rings. The second kappa shape index (κ2) is 4.00. The van der Waals surface area contributed by atoms with Crippen LogP contribution in [0.2, 0.25) is 0 Å². The summed E-state index contributed by atoms with van der Waals surface area (Å²) in [5.41, 5.74) is 8.65. The molecular formula is C10H14BrN3. The first-order valence-electron chi connectivity index (χ1n) is 4.28. The lowest BCUT2D eigenvalue weighted by Crippen LogP contribution is -2.33. The molecule has 0 radical (unpaired) electrons. The molecule has 3 N–H and O–H groups in total. The van der Waals surface area contributed by atoms with Gasteiger partial charge in [0.25, 0.3) is 0 Å². The third-order valence-electron chi connectivity index (χ3n) is 2.15. The Morgan fingerprint density at radius 1 is 1.36 bits per heavy atom. The number of benzene rings is 1. The van der Waals surface area contributed by atoms with Crippen LogP contribution in [0.3, 0.4) is 0 Å². The quantitative estimate of drug-likeness (QED) is 0.598. The van der Waals surface area contributed by atoms with Gasteiger partial charge in [-0.1, -0.05) is 15.9 Å². The number of nitrogens with one attached hydrogen (secondary N) is 1.